The van der Waals surface area contributed by atoms with Crippen LogP contribution in [0.3, 0.4) is 0 Å². The Kier molecular flexibility index (Phi) is 6.12. The molecule has 1 aromatic rings. The first-order valence-electron chi connectivity index (χ1n) is 5.36. The minimum atomic E-state index is -0.323. The molecule has 1 rings (SSSR count). The molecule has 0 spiro atoms. The molecule has 3 N–H and O–H groups in total. The molecule has 96 valence electrons. The topological polar surface area (TPSA) is 47.3 Å². The van der Waals surface area contributed by atoms with Gasteiger partial charge in [0, 0.05) is 11.5 Å². The molecule has 0 radical (unpaired) electrons. The van der Waals surface area contributed by atoms with Crippen molar-refractivity contribution in [1.82, 2.24) is 5.43 Å². The van der Waals surface area contributed by atoms with Crippen LogP contribution in [-0.4, -0.2) is 0 Å². The summed E-state index contributed by atoms with van der Waals surface area (Å²) < 4.78 is 18.9. The van der Waals surface area contributed by atoms with E-state index < -0.39 is 0 Å². The standard InChI is InChI=1S/C13H16FN2OP/c1-2-5-10(6-4-9-16-15)17-12-8-3-7-11(14)13(12)18/h2-9,16H,15,18H2,1H3/b5-2+,9-4+,10-6+. The van der Waals surface area contributed by atoms with Crippen molar-refractivity contribution in [3.63, 3.8) is 0 Å². The van der Waals surface area contributed by atoms with Gasteiger partial charge in [-0.15, -0.1) is 0 Å². The van der Waals surface area contributed by atoms with Crippen LogP contribution in [0.5, 0.6) is 5.75 Å². The summed E-state index contributed by atoms with van der Waals surface area (Å²) in [7, 11) is 2.33. The Morgan fingerprint density at radius 3 is 2.94 bits per heavy atom. The van der Waals surface area contributed by atoms with Gasteiger partial charge in [-0.25, -0.2) is 4.39 Å². The molecule has 3 nitrogen and oxygen atoms in total. The lowest BCUT2D eigenvalue weighted by molar-refractivity contribution is 0.445. The summed E-state index contributed by atoms with van der Waals surface area (Å²) in [5, 5.41) is 0.397. The van der Waals surface area contributed by atoms with Gasteiger partial charge in [-0.1, -0.05) is 21.4 Å². The van der Waals surface area contributed by atoms with Crippen molar-refractivity contribution < 1.29 is 9.13 Å². The molecule has 0 aromatic heterocycles. The van der Waals surface area contributed by atoms with E-state index in [4.69, 9.17) is 10.6 Å². The Morgan fingerprint density at radius 1 is 1.50 bits per heavy atom. The summed E-state index contributed by atoms with van der Waals surface area (Å²) in [6.07, 6.45) is 8.57. The molecular weight excluding hydrogens is 250 g/mol. The van der Waals surface area contributed by atoms with Gasteiger partial charge >= 0.3 is 0 Å². The average Bonchev–Trinajstić information content (AvgIpc) is 2.35. The second-order valence-electron chi connectivity index (χ2n) is 3.35. The van der Waals surface area contributed by atoms with Crippen molar-refractivity contribution in [1.29, 1.82) is 0 Å². The molecule has 0 aliphatic carbocycles. The molecule has 1 atom stereocenters. The maximum absolute atomic E-state index is 13.3. The molecule has 0 saturated carbocycles. The number of halogens is 1. The van der Waals surface area contributed by atoms with Crippen LogP contribution in [0.2, 0.25) is 0 Å². The van der Waals surface area contributed by atoms with Crippen LogP contribution in [0, 0.1) is 5.82 Å². The lowest BCUT2D eigenvalue weighted by atomic mass is 10.3. The van der Waals surface area contributed by atoms with E-state index in [2.05, 4.69) is 14.7 Å². The minimum Gasteiger partial charge on any atom is -0.457 e. The van der Waals surface area contributed by atoms with Gasteiger partial charge in [0.15, 0.2) is 0 Å². The molecule has 1 unspecified atom stereocenters. The Bertz CT molecular complexity index is 484. The van der Waals surface area contributed by atoms with Crippen molar-refractivity contribution in [2.45, 2.75) is 6.92 Å². The molecule has 18 heavy (non-hydrogen) atoms. The number of nitrogens with two attached hydrogens (primary N) is 1. The predicted molar refractivity (Wildman–Crippen MR) is 75.7 cm³/mol. The molecule has 0 fully saturated rings. The number of benzene rings is 1. The molecule has 5 heteroatoms. The van der Waals surface area contributed by atoms with Crippen molar-refractivity contribution in [3.05, 3.63) is 60.3 Å². The third kappa shape index (κ3) is 4.32. The predicted octanol–water partition coefficient (Wildman–Crippen LogP) is 2.14. The van der Waals surface area contributed by atoms with E-state index in [-0.39, 0.29) is 5.82 Å². The lowest BCUT2D eigenvalue weighted by Gasteiger charge is -2.09. The zero-order chi connectivity index (χ0) is 13.4. The van der Waals surface area contributed by atoms with Gasteiger partial charge in [0.05, 0.1) is 0 Å². The number of allylic oxidation sites excluding steroid dienone is 4. The van der Waals surface area contributed by atoms with Crippen molar-refractivity contribution in [2.24, 2.45) is 5.84 Å². The molecule has 0 bridgehead atoms. The zero-order valence-electron chi connectivity index (χ0n) is 10.1. The van der Waals surface area contributed by atoms with Crippen molar-refractivity contribution >= 4 is 14.5 Å². The van der Waals surface area contributed by atoms with Crippen molar-refractivity contribution in [2.75, 3.05) is 0 Å². The summed E-state index contributed by atoms with van der Waals surface area (Å²) >= 11 is 0. The highest BCUT2D eigenvalue weighted by atomic mass is 31.0. The Hall–Kier alpha value is -1.64. The monoisotopic (exact) mass is 266 g/mol. The molecule has 0 aliphatic rings. The van der Waals surface area contributed by atoms with Gasteiger partial charge in [0.25, 0.3) is 0 Å². The number of nitrogens with one attached hydrogen (secondary N) is 1. The van der Waals surface area contributed by atoms with Gasteiger partial charge < -0.3 is 10.2 Å². The second kappa shape index (κ2) is 7.64. The van der Waals surface area contributed by atoms with Crippen LogP contribution in [0.25, 0.3) is 0 Å². The van der Waals surface area contributed by atoms with Crippen LogP contribution in [-0.2, 0) is 0 Å². The highest BCUT2D eigenvalue weighted by molar-refractivity contribution is 7.27. The van der Waals surface area contributed by atoms with E-state index in [1.807, 2.05) is 13.0 Å². The summed E-state index contributed by atoms with van der Waals surface area (Å²) in [5.41, 5.74) is 2.38. The Balaban J connectivity index is 2.93. The quantitative estimate of drug-likeness (QED) is 0.282. The van der Waals surface area contributed by atoms with E-state index >= 15 is 0 Å². The number of hydrazine groups is 1. The first-order valence-corrected chi connectivity index (χ1v) is 5.94. The number of rotatable bonds is 5. The number of ether oxygens (including phenoxy) is 1. The molecule has 0 saturated heterocycles. The van der Waals surface area contributed by atoms with E-state index in [0.717, 1.165) is 0 Å². The van der Waals surface area contributed by atoms with Gasteiger partial charge in [-0.3, -0.25) is 5.84 Å². The maximum Gasteiger partial charge on any atom is 0.137 e. The van der Waals surface area contributed by atoms with E-state index in [0.29, 0.717) is 16.8 Å². The van der Waals surface area contributed by atoms with Crippen LogP contribution < -0.4 is 21.3 Å². The van der Waals surface area contributed by atoms with E-state index in [1.165, 1.54) is 6.07 Å². The normalized spacial score (nSPS) is 12.3. The first kappa shape index (κ1) is 14.4. The highest BCUT2D eigenvalue weighted by Crippen LogP contribution is 2.16. The highest BCUT2D eigenvalue weighted by Gasteiger charge is 2.05. The van der Waals surface area contributed by atoms with Crippen LogP contribution in [0.4, 0.5) is 4.39 Å². The lowest BCUT2D eigenvalue weighted by Crippen LogP contribution is -2.12. The molecule has 0 amide bonds. The van der Waals surface area contributed by atoms with Gasteiger partial charge in [0.2, 0.25) is 0 Å². The third-order valence-electron chi connectivity index (χ3n) is 2.02. The van der Waals surface area contributed by atoms with Crippen LogP contribution in [0.1, 0.15) is 6.92 Å². The Labute approximate surface area is 108 Å². The number of hydrogen-bond acceptors (Lipinski definition) is 3. The largest absolute Gasteiger partial charge is 0.457 e. The fraction of sp³-hybridized carbons (Fsp3) is 0.0769. The third-order valence-corrected chi connectivity index (χ3v) is 2.58. The average molecular weight is 266 g/mol. The SMILES string of the molecule is C/C=C/C(=C\C=C\NN)Oc1cccc(F)c1P. The van der Waals surface area contributed by atoms with Crippen LogP contribution in [0.15, 0.2) is 54.5 Å². The van der Waals surface area contributed by atoms with Gasteiger partial charge in [-0.05, 0) is 37.3 Å². The molecule has 0 heterocycles. The molecule has 1 aromatic carbocycles. The second-order valence-corrected chi connectivity index (χ2v) is 3.93. The fourth-order valence-electron chi connectivity index (χ4n) is 1.22. The Morgan fingerprint density at radius 2 is 2.28 bits per heavy atom. The molecule has 0 aliphatic heterocycles. The first-order chi connectivity index (χ1) is 8.69. The minimum absolute atomic E-state index is 0.323. The van der Waals surface area contributed by atoms with Gasteiger partial charge in [-0.2, -0.15) is 0 Å². The molecular formula is C13H16FN2OP. The maximum atomic E-state index is 13.3. The fourth-order valence-corrected chi connectivity index (χ4v) is 1.47. The van der Waals surface area contributed by atoms with E-state index in [1.54, 1.807) is 36.6 Å². The summed E-state index contributed by atoms with van der Waals surface area (Å²) in [5.74, 6) is 5.82. The smallest absolute Gasteiger partial charge is 0.137 e. The summed E-state index contributed by atoms with van der Waals surface area (Å²) in [4.78, 5) is 0. The zero-order valence-corrected chi connectivity index (χ0v) is 11.2. The van der Waals surface area contributed by atoms with E-state index in [9.17, 15) is 4.39 Å². The summed E-state index contributed by atoms with van der Waals surface area (Å²) in [6.45, 7) is 1.87. The van der Waals surface area contributed by atoms with Crippen molar-refractivity contribution in [3.8, 4) is 5.75 Å². The van der Waals surface area contributed by atoms with Crippen LogP contribution >= 0.6 is 9.24 Å². The summed E-state index contributed by atoms with van der Waals surface area (Å²) in [6, 6.07) is 4.68. The number of hydrogen-bond donors (Lipinski definition) is 2. The van der Waals surface area contributed by atoms with Gasteiger partial charge in [0.1, 0.15) is 17.3 Å².